The number of rotatable bonds is 6. The molecular weight excluding hydrogens is 500 g/mol. The van der Waals surface area contributed by atoms with E-state index in [9.17, 15) is 13.2 Å². The third-order valence-electron chi connectivity index (χ3n) is 4.99. The molecule has 2 aliphatic rings. The molecule has 2 aromatic carbocycles. The molecule has 2 heterocycles. The number of methoxy groups -OCH3 is 1. The highest BCUT2D eigenvalue weighted by atomic mass is 35.5. The third kappa shape index (κ3) is 4.59. The van der Waals surface area contributed by atoms with Crippen LogP contribution in [0.3, 0.4) is 0 Å². The number of nitrogens with one attached hydrogen (secondary N) is 1. The van der Waals surface area contributed by atoms with Crippen molar-refractivity contribution in [2.45, 2.75) is 13.5 Å². The van der Waals surface area contributed by atoms with Crippen LogP contribution in [0.1, 0.15) is 18.1 Å². The zero-order chi connectivity index (χ0) is 24.5. The molecular formula is C22H19ClN4O5S2. The summed E-state index contributed by atoms with van der Waals surface area (Å²) >= 11 is 6.93. The lowest BCUT2D eigenvalue weighted by Crippen LogP contribution is -2.45. The van der Waals surface area contributed by atoms with Gasteiger partial charge < -0.3 is 9.47 Å². The van der Waals surface area contributed by atoms with Crippen LogP contribution in [0.4, 0.5) is 0 Å². The van der Waals surface area contributed by atoms with Crippen molar-refractivity contribution in [1.82, 2.24) is 4.90 Å². The lowest BCUT2D eigenvalue weighted by Gasteiger charge is -2.24. The summed E-state index contributed by atoms with van der Waals surface area (Å²) < 4.78 is 39.9. The van der Waals surface area contributed by atoms with Crippen LogP contribution in [0.15, 0.2) is 57.4 Å². The van der Waals surface area contributed by atoms with Crippen LogP contribution in [0.25, 0.3) is 6.08 Å². The number of nitrogens with zero attached hydrogens (tertiary/aromatic N) is 3. The third-order valence-corrected chi connectivity index (χ3v) is 7.77. The molecule has 0 saturated carbocycles. The summed E-state index contributed by atoms with van der Waals surface area (Å²) in [5, 5.41) is 8.82. The van der Waals surface area contributed by atoms with Gasteiger partial charge in [0.1, 0.15) is 12.4 Å². The Morgan fingerprint density at radius 1 is 1.21 bits per heavy atom. The quantitative estimate of drug-likeness (QED) is 0.454. The van der Waals surface area contributed by atoms with Crippen LogP contribution < -0.4 is 9.47 Å². The van der Waals surface area contributed by atoms with Gasteiger partial charge in [-0.3, -0.25) is 10.2 Å². The Labute approximate surface area is 205 Å². The predicted octanol–water partition coefficient (Wildman–Crippen LogP) is 3.94. The van der Waals surface area contributed by atoms with E-state index >= 15 is 0 Å². The Morgan fingerprint density at radius 2 is 1.97 bits per heavy atom. The minimum absolute atomic E-state index is 0.0417. The highest BCUT2D eigenvalue weighted by molar-refractivity contribution is 8.16. The van der Waals surface area contributed by atoms with Crippen molar-refractivity contribution in [2.24, 2.45) is 9.39 Å². The smallest absolute Gasteiger partial charge is 0.283 e. The molecule has 0 aromatic heterocycles. The van der Waals surface area contributed by atoms with Gasteiger partial charge in [0.25, 0.3) is 5.91 Å². The summed E-state index contributed by atoms with van der Waals surface area (Å²) in [7, 11) is -2.23. The number of fused-ring (bicyclic) bond motifs is 1. The van der Waals surface area contributed by atoms with E-state index in [2.05, 4.69) is 9.39 Å². The van der Waals surface area contributed by atoms with E-state index in [1.807, 2.05) is 18.2 Å². The van der Waals surface area contributed by atoms with Crippen LogP contribution in [-0.2, 0) is 21.2 Å². The average molecular weight is 519 g/mol. The van der Waals surface area contributed by atoms with Crippen LogP contribution >= 0.6 is 23.5 Å². The predicted molar refractivity (Wildman–Crippen MR) is 133 cm³/mol. The van der Waals surface area contributed by atoms with Crippen LogP contribution in [0.2, 0.25) is 5.02 Å². The van der Waals surface area contributed by atoms with Gasteiger partial charge >= 0.3 is 0 Å². The van der Waals surface area contributed by atoms with Gasteiger partial charge in [-0.2, -0.15) is 9.39 Å². The van der Waals surface area contributed by atoms with E-state index in [0.29, 0.717) is 22.1 Å². The molecule has 0 radical (unpaired) electrons. The fourth-order valence-corrected chi connectivity index (χ4v) is 5.31. The maximum Gasteiger partial charge on any atom is 0.283 e. The number of hydrogen-bond acceptors (Lipinski definition) is 8. The van der Waals surface area contributed by atoms with Crippen molar-refractivity contribution in [1.29, 1.82) is 5.41 Å². The van der Waals surface area contributed by atoms with Crippen molar-refractivity contribution < 1.29 is 22.7 Å². The molecule has 0 unspecified atom stereocenters. The normalized spacial score (nSPS) is 16.9. The number of benzene rings is 2. The highest BCUT2D eigenvalue weighted by Crippen LogP contribution is 2.33. The number of sulfone groups is 1. The maximum absolute atomic E-state index is 12.6. The topological polar surface area (TPSA) is 121 Å². The molecule has 176 valence electrons. The summed E-state index contributed by atoms with van der Waals surface area (Å²) in [6, 6.07) is 12.3. The summed E-state index contributed by atoms with van der Waals surface area (Å²) in [6.45, 7) is 1.71. The molecule has 12 heteroatoms. The molecule has 4 rings (SSSR count). The molecule has 9 nitrogen and oxygen atoms in total. The first-order chi connectivity index (χ1) is 16.2. The van der Waals surface area contributed by atoms with Crippen molar-refractivity contribution >= 4 is 61.5 Å². The van der Waals surface area contributed by atoms with Gasteiger partial charge in [-0.25, -0.2) is 13.3 Å². The number of carbonyl (C=O) groups is 1. The number of amides is 1. The molecule has 0 aliphatic carbocycles. The number of aliphatic imine (C=N–C) groups is 1. The van der Waals surface area contributed by atoms with E-state index < -0.39 is 15.7 Å². The molecule has 0 atom stereocenters. The highest BCUT2D eigenvalue weighted by Gasteiger charge is 2.42. The zero-order valence-electron chi connectivity index (χ0n) is 18.1. The van der Waals surface area contributed by atoms with Gasteiger partial charge in [-0.05, 0) is 29.8 Å². The minimum Gasteiger partial charge on any atom is -0.493 e. The summed E-state index contributed by atoms with van der Waals surface area (Å²) in [5.41, 5.74) is 1.28. The standard InChI is InChI=1S/C22H19ClN4O5S2/c1-3-34(29,30)22-26-33-21-25-20(28)15(19(24)27(21)22)10-13-8-9-17(18(11-13)31-2)32-12-14-6-4-5-7-16(14)23/h4-11,24H,3,12H2,1-2H3/b15-10-,24-19?. The van der Waals surface area contributed by atoms with Crippen molar-refractivity contribution in [2.75, 3.05) is 12.9 Å². The second-order valence-corrected chi connectivity index (χ2v) is 10.4. The monoisotopic (exact) mass is 518 g/mol. The van der Waals surface area contributed by atoms with Crippen molar-refractivity contribution in [3.05, 3.63) is 64.2 Å². The van der Waals surface area contributed by atoms with Gasteiger partial charge in [0.15, 0.2) is 11.5 Å². The Morgan fingerprint density at radius 3 is 2.68 bits per heavy atom. The van der Waals surface area contributed by atoms with Gasteiger partial charge in [0, 0.05) is 10.6 Å². The van der Waals surface area contributed by atoms with Crippen LogP contribution in [0.5, 0.6) is 11.5 Å². The molecule has 1 N–H and O–H groups in total. The van der Waals surface area contributed by atoms with Crippen molar-refractivity contribution in [3.8, 4) is 11.5 Å². The number of halogens is 1. The van der Waals surface area contributed by atoms with Gasteiger partial charge in [0.2, 0.25) is 20.2 Å². The number of amidine groups is 3. The maximum atomic E-state index is 12.6. The van der Waals surface area contributed by atoms with Gasteiger partial charge in [-0.1, -0.05) is 42.8 Å². The number of ether oxygens (including phenoxy) is 2. The molecule has 0 bridgehead atoms. The second-order valence-electron chi connectivity index (χ2n) is 7.10. The summed E-state index contributed by atoms with van der Waals surface area (Å²) in [5.74, 6) is -0.285. The zero-order valence-corrected chi connectivity index (χ0v) is 20.5. The van der Waals surface area contributed by atoms with E-state index in [1.54, 1.807) is 24.3 Å². The first kappa shape index (κ1) is 24.0. The molecule has 1 amide bonds. The van der Waals surface area contributed by atoms with E-state index in [-0.39, 0.29) is 34.1 Å². The Kier molecular flexibility index (Phi) is 6.78. The molecule has 0 saturated heterocycles. The van der Waals surface area contributed by atoms with Crippen LogP contribution in [-0.4, -0.2) is 48.3 Å². The lowest BCUT2D eigenvalue weighted by atomic mass is 10.1. The summed E-state index contributed by atoms with van der Waals surface area (Å²) in [6.07, 6.45) is 1.45. The number of hydrogen-bond donors (Lipinski definition) is 1. The number of carbonyl (C=O) groups excluding carboxylic acids is 1. The molecule has 2 aromatic rings. The fraction of sp³-hybridized carbons (Fsp3) is 0.182. The Balaban J connectivity index is 1.61. The molecule has 0 fully saturated rings. The Bertz CT molecular complexity index is 1390. The van der Waals surface area contributed by atoms with Gasteiger partial charge in [0.05, 0.1) is 30.4 Å². The Hall–Kier alpha value is -3.15. The van der Waals surface area contributed by atoms with Gasteiger partial charge in [-0.15, -0.1) is 0 Å². The van der Waals surface area contributed by atoms with E-state index in [0.717, 1.165) is 22.4 Å². The SMILES string of the molecule is CCS(=O)(=O)C1=NSC2=NC(=O)/C(=C\c3ccc(OCc4ccccc4Cl)c(OC)c3)C(=N)N21. The first-order valence-corrected chi connectivity index (χ1v) is 12.8. The average Bonchev–Trinajstić information content (AvgIpc) is 3.26. The minimum atomic E-state index is -3.71. The fourth-order valence-electron chi connectivity index (χ4n) is 3.16. The second kappa shape index (κ2) is 9.61. The first-order valence-electron chi connectivity index (χ1n) is 10.0. The van der Waals surface area contributed by atoms with Crippen LogP contribution in [0, 0.1) is 5.41 Å². The van der Waals surface area contributed by atoms with Crippen molar-refractivity contribution in [3.63, 3.8) is 0 Å². The van der Waals surface area contributed by atoms with E-state index in [4.69, 9.17) is 26.5 Å². The van der Waals surface area contributed by atoms with E-state index in [1.165, 1.54) is 20.1 Å². The lowest BCUT2D eigenvalue weighted by molar-refractivity contribution is -0.114. The molecule has 34 heavy (non-hydrogen) atoms. The largest absolute Gasteiger partial charge is 0.493 e. The molecule has 0 spiro atoms. The molecule has 2 aliphatic heterocycles. The summed E-state index contributed by atoms with van der Waals surface area (Å²) in [4.78, 5) is 17.6.